The number of rotatable bonds is 7. The minimum Gasteiger partial charge on any atom is -0.377 e. The van der Waals surface area contributed by atoms with E-state index in [1.807, 2.05) is 13.1 Å². The van der Waals surface area contributed by atoms with Gasteiger partial charge >= 0.3 is 0 Å². The summed E-state index contributed by atoms with van der Waals surface area (Å²) in [5.74, 6) is 1.09. The highest BCUT2D eigenvalue weighted by molar-refractivity contribution is 5.80. The van der Waals surface area contributed by atoms with Gasteiger partial charge in [-0.15, -0.1) is 0 Å². The van der Waals surface area contributed by atoms with Crippen LogP contribution in [0.4, 0.5) is 0 Å². The van der Waals surface area contributed by atoms with Crippen molar-refractivity contribution in [2.45, 2.75) is 51.6 Å². The predicted octanol–water partition coefficient (Wildman–Crippen LogP) is 3.82. The summed E-state index contributed by atoms with van der Waals surface area (Å²) in [6.45, 7) is 4.88. The number of nitrogens with one attached hydrogen (secondary N) is 1. The maximum Gasteiger partial charge on any atom is 0.193 e. The fourth-order valence-corrected chi connectivity index (χ4v) is 4.27. The second-order valence-electron chi connectivity index (χ2n) is 7.60. The van der Waals surface area contributed by atoms with Crippen LogP contribution in [0.2, 0.25) is 0 Å². The number of benzene rings is 1. The van der Waals surface area contributed by atoms with Crippen molar-refractivity contribution in [3.05, 3.63) is 35.9 Å². The van der Waals surface area contributed by atoms with Crippen LogP contribution in [-0.4, -0.2) is 44.1 Å². The molecule has 3 rings (SSSR count). The lowest BCUT2D eigenvalue weighted by Gasteiger charge is -2.25. The Morgan fingerprint density at radius 2 is 1.96 bits per heavy atom. The Morgan fingerprint density at radius 1 is 1.16 bits per heavy atom. The number of hydrogen-bond donors (Lipinski definition) is 1. The molecule has 1 saturated carbocycles. The van der Waals surface area contributed by atoms with Crippen molar-refractivity contribution in [1.82, 2.24) is 10.2 Å². The molecule has 1 aliphatic carbocycles. The largest absolute Gasteiger partial charge is 0.377 e. The molecule has 138 valence electrons. The molecule has 0 aromatic heterocycles. The lowest BCUT2D eigenvalue weighted by molar-refractivity contribution is 0.117. The Labute approximate surface area is 152 Å². The summed E-state index contributed by atoms with van der Waals surface area (Å²) in [6, 6.07) is 10.4. The summed E-state index contributed by atoms with van der Waals surface area (Å²) < 4.78 is 5.75. The molecule has 0 amide bonds. The minimum atomic E-state index is 0.600. The molecule has 1 N–H and O–H groups in total. The summed E-state index contributed by atoms with van der Waals surface area (Å²) in [4.78, 5) is 6.97. The molecule has 25 heavy (non-hydrogen) atoms. The van der Waals surface area contributed by atoms with Gasteiger partial charge in [-0.3, -0.25) is 4.99 Å². The van der Waals surface area contributed by atoms with E-state index in [-0.39, 0.29) is 0 Å². The van der Waals surface area contributed by atoms with Gasteiger partial charge in [-0.1, -0.05) is 43.2 Å². The molecule has 4 nitrogen and oxygen atoms in total. The van der Waals surface area contributed by atoms with Gasteiger partial charge in [-0.2, -0.15) is 0 Å². The van der Waals surface area contributed by atoms with Gasteiger partial charge in [0.25, 0.3) is 0 Å². The second kappa shape index (κ2) is 9.23. The number of guanidine groups is 1. The highest BCUT2D eigenvalue weighted by Gasteiger charge is 2.40. The van der Waals surface area contributed by atoms with Crippen molar-refractivity contribution in [3.8, 4) is 0 Å². The number of ether oxygens (including phenoxy) is 1. The standard InChI is InChI=1S/C21H33N3O/c1-22-20(24-15-13-21(18-24)11-5-6-12-21)23-14-7-8-16-25-17-19-9-3-2-4-10-19/h2-4,9-10H,5-8,11-18H2,1H3,(H,22,23). The first-order valence-corrected chi connectivity index (χ1v) is 9.89. The van der Waals surface area contributed by atoms with Crippen LogP contribution in [0.25, 0.3) is 0 Å². The SMILES string of the molecule is CN=C(NCCCCOCc1ccccc1)N1CCC2(CCCC2)C1. The first kappa shape index (κ1) is 18.2. The molecule has 4 heteroatoms. The smallest absolute Gasteiger partial charge is 0.193 e. The van der Waals surface area contributed by atoms with Gasteiger partial charge in [0.1, 0.15) is 0 Å². The summed E-state index contributed by atoms with van der Waals surface area (Å²) in [6.07, 6.45) is 9.22. The molecule has 0 radical (unpaired) electrons. The molecule has 1 aromatic carbocycles. The molecule has 1 spiro atoms. The third-order valence-electron chi connectivity index (χ3n) is 5.72. The maximum absolute atomic E-state index is 5.75. The number of likely N-dealkylation sites (tertiary alicyclic amines) is 1. The molecule has 0 unspecified atom stereocenters. The van der Waals surface area contributed by atoms with Crippen molar-refractivity contribution >= 4 is 5.96 Å². The van der Waals surface area contributed by atoms with E-state index in [1.54, 1.807) is 0 Å². The van der Waals surface area contributed by atoms with Gasteiger partial charge in [0, 0.05) is 33.3 Å². The van der Waals surface area contributed by atoms with Gasteiger partial charge < -0.3 is 15.0 Å². The number of hydrogen-bond acceptors (Lipinski definition) is 2. The Morgan fingerprint density at radius 3 is 2.72 bits per heavy atom. The van der Waals surface area contributed by atoms with Crippen LogP contribution in [0.1, 0.15) is 50.5 Å². The zero-order chi connectivity index (χ0) is 17.4. The van der Waals surface area contributed by atoms with Crippen LogP contribution in [-0.2, 0) is 11.3 Å². The summed E-state index contributed by atoms with van der Waals surface area (Å²) >= 11 is 0. The van der Waals surface area contributed by atoms with Crippen molar-refractivity contribution in [3.63, 3.8) is 0 Å². The number of nitrogens with zero attached hydrogens (tertiary/aromatic N) is 2. The van der Waals surface area contributed by atoms with Gasteiger partial charge in [0.2, 0.25) is 0 Å². The molecular formula is C21H33N3O. The lowest BCUT2D eigenvalue weighted by Crippen LogP contribution is -2.41. The molecule has 0 bridgehead atoms. The van der Waals surface area contributed by atoms with Crippen LogP contribution in [0.15, 0.2) is 35.3 Å². The van der Waals surface area contributed by atoms with E-state index in [9.17, 15) is 0 Å². The van der Waals surface area contributed by atoms with Crippen LogP contribution in [0, 0.1) is 5.41 Å². The fraction of sp³-hybridized carbons (Fsp3) is 0.667. The third-order valence-corrected chi connectivity index (χ3v) is 5.72. The Bertz CT molecular complexity index is 537. The van der Waals surface area contributed by atoms with E-state index in [2.05, 4.69) is 39.5 Å². The van der Waals surface area contributed by atoms with Crippen molar-refractivity contribution in [2.75, 3.05) is 33.3 Å². The minimum absolute atomic E-state index is 0.600. The van der Waals surface area contributed by atoms with E-state index in [0.717, 1.165) is 32.0 Å². The monoisotopic (exact) mass is 343 g/mol. The van der Waals surface area contributed by atoms with E-state index in [1.165, 1.54) is 50.8 Å². The van der Waals surface area contributed by atoms with Crippen molar-refractivity contribution in [2.24, 2.45) is 10.4 Å². The van der Waals surface area contributed by atoms with E-state index in [4.69, 9.17) is 4.74 Å². The molecule has 1 aromatic rings. The number of unbranched alkanes of at least 4 members (excludes halogenated alkanes) is 1. The molecular weight excluding hydrogens is 310 g/mol. The Kier molecular flexibility index (Phi) is 6.74. The van der Waals surface area contributed by atoms with E-state index < -0.39 is 0 Å². The van der Waals surface area contributed by atoms with E-state index >= 15 is 0 Å². The fourth-order valence-electron chi connectivity index (χ4n) is 4.27. The quantitative estimate of drug-likeness (QED) is 0.464. The molecule has 1 aliphatic heterocycles. The normalized spacial score (nSPS) is 19.7. The van der Waals surface area contributed by atoms with Crippen LogP contribution < -0.4 is 5.32 Å². The summed E-state index contributed by atoms with van der Waals surface area (Å²) in [5.41, 5.74) is 1.85. The van der Waals surface area contributed by atoms with E-state index in [0.29, 0.717) is 12.0 Å². The Balaban J connectivity index is 1.27. The maximum atomic E-state index is 5.75. The number of aliphatic imine (C=N–C) groups is 1. The average molecular weight is 344 g/mol. The summed E-state index contributed by atoms with van der Waals surface area (Å²) in [7, 11) is 1.91. The van der Waals surface area contributed by atoms with Crippen molar-refractivity contribution in [1.29, 1.82) is 0 Å². The first-order chi connectivity index (χ1) is 12.3. The summed E-state index contributed by atoms with van der Waals surface area (Å²) in [5, 5.41) is 3.55. The van der Waals surface area contributed by atoms with Crippen LogP contribution >= 0.6 is 0 Å². The zero-order valence-electron chi connectivity index (χ0n) is 15.7. The van der Waals surface area contributed by atoms with Gasteiger partial charge in [-0.05, 0) is 43.1 Å². The Hall–Kier alpha value is -1.55. The third kappa shape index (κ3) is 5.21. The average Bonchev–Trinajstić information content (AvgIpc) is 3.28. The van der Waals surface area contributed by atoms with Gasteiger partial charge in [0.15, 0.2) is 5.96 Å². The highest BCUT2D eigenvalue weighted by Crippen LogP contribution is 2.45. The van der Waals surface area contributed by atoms with Gasteiger partial charge in [0.05, 0.1) is 6.61 Å². The highest BCUT2D eigenvalue weighted by atomic mass is 16.5. The molecule has 1 saturated heterocycles. The first-order valence-electron chi connectivity index (χ1n) is 9.89. The molecule has 0 atom stereocenters. The molecule has 1 heterocycles. The van der Waals surface area contributed by atoms with Crippen molar-refractivity contribution < 1.29 is 4.74 Å². The van der Waals surface area contributed by atoms with Crippen LogP contribution in [0.3, 0.4) is 0 Å². The zero-order valence-corrected chi connectivity index (χ0v) is 15.7. The lowest BCUT2D eigenvalue weighted by atomic mass is 9.86. The second-order valence-corrected chi connectivity index (χ2v) is 7.60. The topological polar surface area (TPSA) is 36.9 Å². The molecule has 2 fully saturated rings. The van der Waals surface area contributed by atoms with Gasteiger partial charge in [-0.25, -0.2) is 0 Å². The molecule has 2 aliphatic rings. The van der Waals surface area contributed by atoms with Crippen LogP contribution in [0.5, 0.6) is 0 Å². The predicted molar refractivity (Wildman–Crippen MR) is 104 cm³/mol.